The maximum absolute atomic E-state index is 6.45. The van der Waals surface area contributed by atoms with Crippen molar-refractivity contribution < 1.29 is 18.9 Å². The molecule has 7 heteroatoms. The number of halogens is 1. The van der Waals surface area contributed by atoms with E-state index in [2.05, 4.69) is 6.07 Å². The summed E-state index contributed by atoms with van der Waals surface area (Å²) < 4.78 is 23.1. The summed E-state index contributed by atoms with van der Waals surface area (Å²) in [5.74, 6) is 2.53. The molecule has 0 fully saturated rings. The van der Waals surface area contributed by atoms with Crippen LogP contribution in [0.2, 0.25) is 5.02 Å². The summed E-state index contributed by atoms with van der Waals surface area (Å²) in [4.78, 5) is 0. The summed E-state index contributed by atoms with van der Waals surface area (Å²) in [6.45, 7) is 0. The molecule has 0 amide bonds. The van der Waals surface area contributed by atoms with Crippen LogP contribution in [0.1, 0.15) is 35.4 Å². The molecule has 32 heavy (non-hydrogen) atoms. The summed E-state index contributed by atoms with van der Waals surface area (Å²) >= 11 is 6.09. The van der Waals surface area contributed by atoms with E-state index in [0.29, 0.717) is 22.3 Å². The van der Waals surface area contributed by atoms with E-state index in [1.165, 1.54) is 0 Å². The predicted molar refractivity (Wildman–Crippen MR) is 123 cm³/mol. The number of para-hydroxylation sites is 1. The van der Waals surface area contributed by atoms with Crippen molar-refractivity contribution >= 4 is 17.3 Å². The van der Waals surface area contributed by atoms with E-state index in [-0.39, 0.29) is 6.04 Å². The number of ether oxygens (including phenoxy) is 4. The highest BCUT2D eigenvalue weighted by Gasteiger charge is 2.41. The number of hydrazone groups is 1. The molecule has 2 aliphatic rings. The third-order valence-corrected chi connectivity index (χ3v) is 6.10. The molecule has 0 unspecified atom stereocenters. The lowest BCUT2D eigenvalue weighted by Crippen LogP contribution is -2.33. The normalized spacial score (nSPS) is 18.9. The van der Waals surface area contributed by atoms with Gasteiger partial charge >= 0.3 is 0 Å². The zero-order chi connectivity index (χ0) is 22.2. The molecule has 3 aromatic carbocycles. The number of methoxy groups -OCH3 is 3. The minimum Gasteiger partial charge on any atom is -0.493 e. The van der Waals surface area contributed by atoms with Crippen LogP contribution >= 0.6 is 11.6 Å². The smallest absolute Gasteiger partial charge is 0.214 e. The molecule has 0 saturated carbocycles. The van der Waals surface area contributed by atoms with Crippen LogP contribution in [0.25, 0.3) is 0 Å². The Kier molecular flexibility index (Phi) is 5.31. The number of rotatable bonds is 5. The zero-order valence-corrected chi connectivity index (χ0v) is 18.8. The topological polar surface area (TPSA) is 52.5 Å². The van der Waals surface area contributed by atoms with Crippen molar-refractivity contribution in [3.05, 3.63) is 82.4 Å². The first-order chi connectivity index (χ1) is 15.6. The first-order valence-electron chi connectivity index (χ1n) is 10.3. The molecule has 0 bridgehead atoms. The van der Waals surface area contributed by atoms with Crippen molar-refractivity contribution in [2.24, 2.45) is 5.10 Å². The Labute approximate surface area is 191 Å². The highest BCUT2D eigenvalue weighted by atomic mass is 35.5. The average Bonchev–Trinajstić information content (AvgIpc) is 3.28. The van der Waals surface area contributed by atoms with Crippen molar-refractivity contribution in [2.75, 3.05) is 21.3 Å². The van der Waals surface area contributed by atoms with Crippen LogP contribution < -0.4 is 18.9 Å². The van der Waals surface area contributed by atoms with Crippen LogP contribution in [0.15, 0.2) is 65.8 Å². The van der Waals surface area contributed by atoms with Gasteiger partial charge in [0.15, 0.2) is 11.5 Å². The van der Waals surface area contributed by atoms with Gasteiger partial charge in [-0.25, -0.2) is 5.01 Å². The van der Waals surface area contributed by atoms with E-state index in [9.17, 15) is 0 Å². The second kappa shape index (κ2) is 8.28. The number of nitrogens with zero attached hydrogens (tertiary/aromatic N) is 2. The molecule has 0 spiro atoms. The van der Waals surface area contributed by atoms with E-state index >= 15 is 0 Å². The van der Waals surface area contributed by atoms with Crippen LogP contribution in [0, 0.1) is 0 Å². The van der Waals surface area contributed by atoms with Crippen molar-refractivity contribution in [1.29, 1.82) is 0 Å². The van der Waals surface area contributed by atoms with Crippen LogP contribution in [0.4, 0.5) is 0 Å². The van der Waals surface area contributed by atoms with Gasteiger partial charge in [-0.15, -0.1) is 0 Å². The molecular formula is C25H23ClN2O4. The highest BCUT2D eigenvalue weighted by molar-refractivity contribution is 6.30. The lowest BCUT2D eigenvalue weighted by atomic mass is 9.96. The molecule has 2 atom stereocenters. The van der Waals surface area contributed by atoms with Crippen molar-refractivity contribution in [2.45, 2.75) is 18.7 Å². The molecule has 0 saturated heterocycles. The van der Waals surface area contributed by atoms with Gasteiger partial charge in [-0.05, 0) is 35.9 Å². The molecule has 2 aliphatic heterocycles. The second-order valence-electron chi connectivity index (χ2n) is 7.62. The molecule has 6 nitrogen and oxygen atoms in total. The van der Waals surface area contributed by atoms with Gasteiger partial charge in [0.05, 0.1) is 33.1 Å². The maximum Gasteiger partial charge on any atom is 0.214 e. The average molecular weight is 451 g/mol. The fourth-order valence-corrected chi connectivity index (χ4v) is 4.44. The summed E-state index contributed by atoms with van der Waals surface area (Å²) in [5.41, 5.74) is 4.01. The van der Waals surface area contributed by atoms with Gasteiger partial charge in [0, 0.05) is 22.6 Å². The fourth-order valence-electron chi connectivity index (χ4n) is 4.31. The van der Waals surface area contributed by atoms with Gasteiger partial charge in [0.1, 0.15) is 5.75 Å². The largest absolute Gasteiger partial charge is 0.493 e. The first kappa shape index (κ1) is 20.5. The summed E-state index contributed by atoms with van der Waals surface area (Å²) in [5, 5.41) is 7.71. The van der Waals surface area contributed by atoms with Crippen molar-refractivity contribution in [1.82, 2.24) is 5.01 Å². The van der Waals surface area contributed by atoms with Gasteiger partial charge in [-0.2, -0.15) is 5.10 Å². The summed E-state index contributed by atoms with van der Waals surface area (Å²) in [6.07, 6.45) is 0.316. The molecule has 5 rings (SSSR count). The summed E-state index contributed by atoms with van der Waals surface area (Å²) in [7, 11) is 4.80. The maximum atomic E-state index is 6.45. The molecule has 0 aromatic heterocycles. The van der Waals surface area contributed by atoms with E-state index in [1.807, 2.05) is 59.6 Å². The van der Waals surface area contributed by atoms with E-state index in [4.69, 9.17) is 35.6 Å². The van der Waals surface area contributed by atoms with Gasteiger partial charge in [-0.3, -0.25) is 0 Å². The minimum atomic E-state index is -0.451. The Morgan fingerprint density at radius 2 is 1.62 bits per heavy atom. The Hall–Kier alpha value is -3.38. The first-order valence-corrected chi connectivity index (χ1v) is 10.7. The van der Waals surface area contributed by atoms with E-state index in [1.54, 1.807) is 21.3 Å². The quantitative estimate of drug-likeness (QED) is 0.505. The van der Waals surface area contributed by atoms with Crippen LogP contribution in [0.5, 0.6) is 23.0 Å². The zero-order valence-electron chi connectivity index (χ0n) is 18.0. The highest BCUT2D eigenvalue weighted by Crippen LogP contribution is 2.49. The molecule has 0 N–H and O–H groups in total. The van der Waals surface area contributed by atoms with E-state index < -0.39 is 6.23 Å². The SMILES string of the molecule is COc1cc([C@H]2Oc3ccccc3[C@@H]3CC(c4ccc(Cl)cc4)=NN23)cc(OC)c1OC. The van der Waals surface area contributed by atoms with Gasteiger partial charge in [0.25, 0.3) is 0 Å². The summed E-state index contributed by atoms with van der Waals surface area (Å²) in [6, 6.07) is 19.7. The number of benzene rings is 3. The lowest BCUT2D eigenvalue weighted by molar-refractivity contribution is -0.0192. The molecule has 0 radical (unpaired) electrons. The molecule has 0 aliphatic carbocycles. The van der Waals surface area contributed by atoms with Crippen LogP contribution in [0.3, 0.4) is 0 Å². The molecule has 3 aromatic rings. The number of fused-ring (bicyclic) bond motifs is 3. The number of hydrogen-bond donors (Lipinski definition) is 0. The van der Waals surface area contributed by atoms with Gasteiger partial charge in [-0.1, -0.05) is 41.9 Å². The third-order valence-electron chi connectivity index (χ3n) is 5.85. The van der Waals surface area contributed by atoms with Crippen LogP contribution in [-0.2, 0) is 0 Å². The lowest BCUT2D eigenvalue weighted by Gasteiger charge is -2.38. The second-order valence-corrected chi connectivity index (χ2v) is 8.06. The Bertz CT molecular complexity index is 1150. The van der Waals surface area contributed by atoms with Gasteiger partial charge < -0.3 is 18.9 Å². The Morgan fingerprint density at radius 3 is 2.28 bits per heavy atom. The standard InChI is InChI=1S/C25H23ClN2O4/c1-29-22-12-16(13-23(30-2)24(22)31-3)25-28-20(18-6-4-5-7-21(18)32-25)14-19(27-28)15-8-10-17(26)11-9-15/h4-13,20,25H,14H2,1-3H3/t20-,25+/m0/s1. The fraction of sp³-hybridized carbons (Fsp3) is 0.240. The van der Waals surface area contributed by atoms with Crippen LogP contribution in [-0.4, -0.2) is 32.0 Å². The monoisotopic (exact) mass is 450 g/mol. The van der Waals surface area contributed by atoms with E-state index in [0.717, 1.165) is 34.6 Å². The van der Waals surface area contributed by atoms with Crippen molar-refractivity contribution in [3.63, 3.8) is 0 Å². The minimum absolute atomic E-state index is 0.0507. The Balaban J connectivity index is 1.61. The third kappa shape index (κ3) is 3.41. The number of hydrogen-bond acceptors (Lipinski definition) is 6. The molecular weight excluding hydrogens is 428 g/mol. The van der Waals surface area contributed by atoms with Crippen molar-refractivity contribution in [3.8, 4) is 23.0 Å². The Morgan fingerprint density at radius 1 is 0.938 bits per heavy atom. The predicted octanol–water partition coefficient (Wildman–Crippen LogP) is 5.61. The van der Waals surface area contributed by atoms with Gasteiger partial charge in [0.2, 0.25) is 12.0 Å². The molecule has 164 valence electrons. The molecule has 2 heterocycles.